The van der Waals surface area contributed by atoms with E-state index in [2.05, 4.69) is 5.32 Å². The standard InChI is InChI=1S/C19H13F3N3O2/c1-12(11-27-16-6-2-13(9-23)3-7-16)18(26)25-15-5-4-14(10-24)17(8-15)19(20,21)22/h2-8H,11H2,1H3,(H,25,26). The number of ether oxygens (including phenoxy) is 1. The summed E-state index contributed by atoms with van der Waals surface area (Å²) < 4.78 is 44.3. The van der Waals surface area contributed by atoms with Gasteiger partial charge in [0.2, 0.25) is 5.91 Å². The van der Waals surface area contributed by atoms with Crippen LogP contribution in [0.25, 0.3) is 0 Å². The van der Waals surface area contributed by atoms with Crippen LogP contribution >= 0.6 is 0 Å². The topological polar surface area (TPSA) is 85.9 Å². The van der Waals surface area contributed by atoms with Crippen molar-refractivity contribution in [1.29, 1.82) is 10.5 Å². The zero-order valence-corrected chi connectivity index (χ0v) is 14.1. The van der Waals surface area contributed by atoms with Crippen LogP contribution in [0.5, 0.6) is 5.75 Å². The molecule has 2 aromatic rings. The number of carbonyl (C=O) groups is 1. The fourth-order valence-corrected chi connectivity index (χ4v) is 2.07. The van der Waals surface area contributed by atoms with Crippen LogP contribution in [0.4, 0.5) is 18.9 Å². The first-order valence-corrected chi connectivity index (χ1v) is 7.62. The van der Waals surface area contributed by atoms with Crippen LogP contribution in [0.2, 0.25) is 0 Å². The Morgan fingerprint density at radius 3 is 2.33 bits per heavy atom. The number of nitrogens with one attached hydrogen (secondary N) is 1. The number of alkyl halides is 3. The molecule has 0 aliphatic heterocycles. The Morgan fingerprint density at radius 1 is 1.11 bits per heavy atom. The third-order valence-electron chi connectivity index (χ3n) is 3.53. The Hall–Kier alpha value is -3.52. The number of nitrogens with zero attached hydrogens (tertiary/aromatic N) is 2. The molecular weight excluding hydrogens is 359 g/mol. The van der Waals surface area contributed by atoms with Crippen molar-refractivity contribution in [1.82, 2.24) is 0 Å². The van der Waals surface area contributed by atoms with Gasteiger partial charge in [0.25, 0.3) is 0 Å². The van der Waals surface area contributed by atoms with E-state index in [1.165, 1.54) is 19.1 Å². The zero-order chi connectivity index (χ0) is 20.0. The molecule has 0 aromatic heterocycles. The molecule has 0 aliphatic rings. The van der Waals surface area contributed by atoms with Crippen LogP contribution in [0.1, 0.15) is 23.6 Å². The summed E-state index contributed by atoms with van der Waals surface area (Å²) in [7, 11) is 0. The first-order valence-electron chi connectivity index (χ1n) is 7.62. The normalized spacial score (nSPS) is 10.8. The number of carbonyl (C=O) groups excluding carboxylic acids is 1. The molecule has 0 unspecified atom stereocenters. The molecule has 0 saturated carbocycles. The number of amides is 1. The molecule has 8 heteroatoms. The minimum Gasteiger partial charge on any atom is -0.492 e. The third kappa shape index (κ3) is 5.23. The van der Waals surface area contributed by atoms with E-state index in [0.717, 1.165) is 6.07 Å². The van der Waals surface area contributed by atoms with Gasteiger partial charge in [-0.15, -0.1) is 0 Å². The molecular formula is C19H13F3N3O2. The average Bonchev–Trinajstić information content (AvgIpc) is 2.65. The Morgan fingerprint density at radius 2 is 1.78 bits per heavy atom. The molecule has 2 rings (SSSR count). The lowest BCUT2D eigenvalue weighted by Gasteiger charge is -2.15. The molecule has 2 aromatic carbocycles. The number of benzene rings is 2. The SMILES string of the molecule is C[C](COc1ccc(C#N)cc1)C(=O)Nc1ccc(C#N)c(C(F)(F)F)c1. The van der Waals surface area contributed by atoms with Crippen molar-refractivity contribution >= 4 is 11.6 Å². The van der Waals surface area contributed by atoms with Crippen LogP contribution < -0.4 is 10.1 Å². The first kappa shape index (κ1) is 19.8. The van der Waals surface area contributed by atoms with Gasteiger partial charge in [-0.2, -0.15) is 23.7 Å². The summed E-state index contributed by atoms with van der Waals surface area (Å²) in [5.41, 5.74) is -1.26. The molecule has 0 heterocycles. The Labute approximate surface area is 153 Å². The van der Waals surface area contributed by atoms with Gasteiger partial charge >= 0.3 is 6.18 Å². The lowest BCUT2D eigenvalue weighted by Crippen LogP contribution is -2.24. The molecule has 27 heavy (non-hydrogen) atoms. The highest BCUT2D eigenvalue weighted by molar-refractivity contribution is 6.00. The maximum absolute atomic E-state index is 13.0. The van der Waals surface area contributed by atoms with E-state index in [-0.39, 0.29) is 18.2 Å². The van der Waals surface area contributed by atoms with Crippen LogP contribution in [0.3, 0.4) is 0 Å². The Balaban J connectivity index is 2.01. The van der Waals surface area contributed by atoms with Crippen LogP contribution in [0.15, 0.2) is 42.5 Å². The summed E-state index contributed by atoms with van der Waals surface area (Å²) in [6.07, 6.45) is -4.71. The van der Waals surface area contributed by atoms with Gasteiger partial charge in [-0.3, -0.25) is 4.79 Å². The molecule has 0 spiro atoms. The predicted molar refractivity (Wildman–Crippen MR) is 90.4 cm³/mol. The van der Waals surface area contributed by atoms with Gasteiger partial charge < -0.3 is 10.1 Å². The van der Waals surface area contributed by atoms with Crippen LogP contribution in [-0.2, 0) is 11.0 Å². The summed E-state index contributed by atoms with van der Waals surface area (Å²) in [4.78, 5) is 12.1. The van der Waals surface area contributed by atoms with Gasteiger partial charge in [-0.25, -0.2) is 0 Å². The molecule has 1 amide bonds. The third-order valence-corrected chi connectivity index (χ3v) is 3.53. The summed E-state index contributed by atoms with van der Waals surface area (Å²) in [6.45, 7) is 1.40. The highest BCUT2D eigenvalue weighted by Crippen LogP contribution is 2.33. The molecule has 1 N–H and O–H groups in total. The maximum atomic E-state index is 13.0. The fraction of sp³-hybridized carbons (Fsp3) is 0.158. The van der Waals surface area contributed by atoms with Crippen molar-refractivity contribution in [3.05, 3.63) is 65.1 Å². The van der Waals surface area contributed by atoms with Gasteiger partial charge in [0.15, 0.2) is 0 Å². The van der Waals surface area contributed by atoms with Crippen molar-refractivity contribution in [2.45, 2.75) is 13.1 Å². The second-order valence-electron chi connectivity index (χ2n) is 5.53. The highest BCUT2D eigenvalue weighted by atomic mass is 19.4. The van der Waals surface area contributed by atoms with Crippen LogP contribution in [0, 0.1) is 28.6 Å². The predicted octanol–water partition coefficient (Wildman–Crippen LogP) is 4.06. The second-order valence-corrected chi connectivity index (χ2v) is 5.53. The molecule has 0 fully saturated rings. The quantitative estimate of drug-likeness (QED) is 0.858. The van der Waals surface area contributed by atoms with E-state index in [4.69, 9.17) is 15.3 Å². The number of nitriles is 2. The highest BCUT2D eigenvalue weighted by Gasteiger charge is 2.34. The molecule has 137 valence electrons. The van der Waals surface area contributed by atoms with E-state index in [9.17, 15) is 18.0 Å². The molecule has 0 aliphatic carbocycles. The van der Waals surface area contributed by atoms with E-state index in [1.54, 1.807) is 24.3 Å². The minimum absolute atomic E-state index is 0.0796. The second kappa shape index (κ2) is 8.24. The van der Waals surface area contributed by atoms with Gasteiger partial charge in [0.05, 0.1) is 34.7 Å². The van der Waals surface area contributed by atoms with E-state index < -0.39 is 23.2 Å². The summed E-state index contributed by atoms with van der Waals surface area (Å²) in [6, 6.07) is 12.6. The van der Waals surface area contributed by atoms with E-state index in [0.29, 0.717) is 17.4 Å². The maximum Gasteiger partial charge on any atom is 0.417 e. The summed E-state index contributed by atoms with van der Waals surface area (Å²) in [5, 5.41) is 19.9. The van der Waals surface area contributed by atoms with Gasteiger partial charge in [-0.05, 0) is 49.4 Å². The minimum atomic E-state index is -4.71. The average molecular weight is 372 g/mol. The number of rotatable bonds is 5. The first-order chi connectivity index (χ1) is 12.7. The largest absolute Gasteiger partial charge is 0.492 e. The van der Waals surface area contributed by atoms with Crippen molar-refractivity contribution < 1.29 is 22.7 Å². The van der Waals surface area contributed by atoms with Crippen molar-refractivity contribution in [2.75, 3.05) is 11.9 Å². The number of anilines is 1. The van der Waals surface area contributed by atoms with Gasteiger partial charge in [0, 0.05) is 5.69 Å². The molecule has 1 radical (unpaired) electrons. The van der Waals surface area contributed by atoms with Gasteiger partial charge in [-0.1, -0.05) is 0 Å². The van der Waals surface area contributed by atoms with Crippen molar-refractivity contribution in [3.8, 4) is 17.9 Å². The summed E-state index contributed by atoms with van der Waals surface area (Å²) in [5.74, 6) is 0.0673. The molecule has 5 nitrogen and oxygen atoms in total. The number of hydrogen-bond acceptors (Lipinski definition) is 4. The number of halogens is 3. The monoisotopic (exact) mass is 372 g/mol. The molecule has 0 saturated heterocycles. The lowest BCUT2D eigenvalue weighted by molar-refractivity contribution is -0.137. The fourth-order valence-electron chi connectivity index (χ4n) is 2.07. The van der Waals surface area contributed by atoms with E-state index in [1.807, 2.05) is 6.07 Å². The van der Waals surface area contributed by atoms with Gasteiger partial charge in [0.1, 0.15) is 12.4 Å². The Bertz CT molecular complexity index is 910. The van der Waals surface area contributed by atoms with Crippen LogP contribution in [-0.4, -0.2) is 12.5 Å². The molecule has 0 bridgehead atoms. The lowest BCUT2D eigenvalue weighted by atomic mass is 10.1. The summed E-state index contributed by atoms with van der Waals surface area (Å²) >= 11 is 0. The van der Waals surface area contributed by atoms with Crippen molar-refractivity contribution in [2.24, 2.45) is 0 Å². The van der Waals surface area contributed by atoms with Crippen molar-refractivity contribution in [3.63, 3.8) is 0 Å². The zero-order valence-electron chi connectivity index (χ0n) is 14.1. The van der Waals surface area contributed by atoms with E-state index >= 15 is 0 Å². The molecule has 0 atom stereocenters. The Kier molecular flexibility index (Phi) is 6.04. The smallest absolute Gasteiger partial charge is 0.417 e. The number of hydrogen-bond donors (Lipinski definition) is 1.